The van der Waals surface area contributed by atoms with Crippen LogP contribution >= 0.6 is 23.2 Å². The second-order valence-electron chi connectivity index (χ2n) is 11.8. The first-order valence-corrected chi connectivity index (χ1v) is 16.2. The van der Waals surface area contributed by atoms with E-state index in [4.69, 9.17) is 28.3 Å². The third-order valence-electron chi connectivity index (χ3n) is 8.80. The number of nitrogens with zero attached hydrogens (tertiary/aromatic N) is 1. The molecule has 9 heteroatoms. The average Bonchev–Trinajstić information content (AvgIpc) is 3.28. The van der Waals surface area contributed by atoms with Crippen molar-refractivity contribution in [3.05, 3.63) is 93.5 Å². The molecule has 3 aromatic carbocycles. The van der Waals surface area contributed by atoms with Crippen molar-refractivity contribution in [1.82, 2.24) is 15.5 Å². The maximum absolute atomic E-state index is 14.5. The Morgan fingerprint density at radius 2 is 1.64 bits per heavy atom. The molecule has 1 saturated heterocycles. The minimum absolute atomic E-state index is 0.0702. The first-order chi connectivity index (χ1) is 21.2. The minimum atomic E-state index is -0.958. The highest BCUT2D eigenvalue weighted by molar-refractivity contribution is 6.35. The van der Waals surface area contributed by atoms with Crippen LogP contribution in [0, 0.1) is 0 Å². The molecule has 0 bridgehead atoms. The molecule has 2 fully saturated rings. The Bertz CT molecular complexity index is 1470. The van der Waals surface area contributed by atoms with Crippen molar-refractivity contribution in [2.45, 2.75) is 82.5 Å². The van der Waals surface area contributed by atoms with Crippen molar-refractivity contribution < 1.29 is 19.5 Å². The quantitative estimate of drug-likeness (QED) is 0.199. The van der Waals surface area contributed by atoms with Crippen molar-refractivity contribution >= 4 is 41.0 Å². The van der Waals surface area contributed by atoms with Gasteiger partial charge in [-0.2, -0.15) is 0 Å². The molecule has 3 N–H and O–H groups in total. The zero-order valence-corrected chi connectivity index (χ0v) is 26.5. The molecule has 1 aliphatic carbocycles. The summed E-state index contributed by atoms with van der Waals surface area (Å²) in [7, 11) is 0. The number of unbranched alkanes of at least 4 members (excludes halogenated alkanes) is 1. The lowest BCUT2D eigenvalue weighted by molar-refractivity contribution is -0.137. The molecule has 232 valence electrons. The second-order valence-corrected chi connectivity index (χ2v) is 12.7. The predicted molar refractivity (Wildman–Crippen MR) is 174 cm³/mol. The van der Waals surface area contributed by atoms with Gasteiger partial charge >= 0.3 is 5.97 Å². The molecule has 2 amide bonds. The maximum atomic E-state index is 14.5. The number of carboxylic acids is 1. The number of carbonyl (C=O) groups is 3. The standard InChI is InChI=1S/C35H39Cl2N3O4/c1-2-3-7-30(24-10-14-26(15-11-24)33(43)38-19-16-31(41)42)40-34(44)32(39-35(40)17-5-4-6-18-35)25-12-8-23(9-13-25)27-20-28(36)22-29(37)21-27/h8-15,20-22,30,32,39H,2-7,16-19H2,1H3,(H,38,43)(H,41,42). The van der Waals surface area contributed by atoms with Gasteiger partial charge in [0.25, 0.3) is 5.91 Å². The zero-order chi connectivity index (χ0) is 31.3. The van der Waals surface area contributed by atoms with Crippen molar-refractivity contribution in [1.29, 1.82) is 0 Å². The second kappa shape index (κ2) is 14.1. The number of nitrogens with one attached hydrogen (secondary N) is 2. The smallest absolute Gasteiger partial charge is 0.305 e. The van der Waals surface area contributed by atoms with Crippen LogP contribution in [0.5, 0.6) is 0 Å². The van der Waals surface area contributed by atoms with Crippen LogP contribution in [0.25, 0.3) is 11.1 Å². The van der Waals surface area contributed by atoms with Crippen LogP contribution in [0.3, 0.4) is 0 Å². The molecular weight excluding hydrogens is 597 g/mol. The van der Waals surface area contributed by atoms with Gasteiger partial charge < -0.3 is 15.3 Å². The average molecular weight is 637 g/mol. The van der Waals surface area contributed by atoms with E-state index in [1.807, 2.05) is 48.5 Å². The fraction of sp³-hybridized carbons (Fsp3) is 0.400. The fourth-order valence-corrected chi connectivity index (χ4v) is 7.15. The van der Waals surface area contributed by atoms with Gasteiger partial charge in [0, 0.05) is 22.2 Å². The lowest BCUT2D eigenvalue weighted by atomic mass is 9.86. The molecule has 7 nitrogen and oxygen atoms in total. The van der Waals surface area contributed by atoms with Crippen LogP contribution in [0.4, 0.5) is 0 Å². The van der Waals surface area contributed by atoms with E-state index in [9.17, 15) is 14.4 Å². The van der Waals surface area contributed by atoms with Gasteiger partial charge in [-0.3, -0.25) is 19.7 Å². The first kappa shape index (κ1) is 32.0. The lowest BCUT2D eigenvalue weighted by Gasteiger charge is -2.45. The topological polar surface area (TPSA) is 98.7 Å². The van der Waals surface area contributed by atoms with E-state index >= 15 is 0 Å². The molecule has 1 spiro atoms. The number of rotatable bonds is 11. The van der Waals surface area contributed by atoms with E-state index in [2.05, 4.69) is 22.5 Å². The Labute approximate surface area is 268 Å². The third-order valence-corrected chi connectivity index (χ3v) is 9.24. The molecule has 3 aromatic rings. The highest BCUT2D eigenvalue weighted by atomic mass is 35.5. The van der Waals surface area contributed by atoms with Crippen LogP contribution in [0.15, 0.2) is 66.7 Å². The van der Waals surface area contributed by atoms with Crippen LogP contribution in [-0.2, 0) is 9.59 Å². The molecule has 1 heterocycles. The predicted octanol–water partition coefficient (Wildman–Crippen LogP) is 7.93. The first-order valence-electron chi connectivity index (χ1n) is 15.5. The van der Waals surface area contributed by atoms with Gasteiger partial charge in [-0.25, -0.2) is 0 Å². The van der Waals surface area contributed by atoms with Gasteiger partial charge in [-0.1, -0.05) is 85.8 Å². The fourth-order valence-electron chi connectivity index (χ4n) is 6.62. The summed E-state index contributed by atoms with van der Waals surface area (Å²) >= 11 is 12.5. The number of carbonyl (C=O) groups excluding carboxylic acids is 2. The molecule has 0 aromatic heterocycles. The summed E-state index contributed by atoms with van der Waals surface area (Å²) in [5.74, 6) is -1.20. The number of benzene rings is 3. The Morgan fingerprint density at radius 1 is 0.977 bits per heavy atom. The van der Waals surface area contributed by atoms with Gasteiger partial charge in [0.2, 0.25) is 5.91 Å². The third kappa shape index (κ3) is 7.12. The number of aliphatic carboxylic acids is 1. The van der Waals surface area contributed by atoms with Gasteiger partial charge in [0.15, 0.2) is 0 Å². The van der Waals surface area contributed by atoms with Crippen LogP contribution < -0.4 is 10.6 Å². The number of halogens is 2. The number of hydrogen-bond donors (Lipinski definition) is 3. The van der Waals surface area contributed by atoms with E-state index in [1.165, 1.54) is 0 Å². The van der Waals surface area contributed by atoms with E-state index in [-0.39, 0.29) is 30.8 Å². The molecule has 2 aliphatic rings. The molecule has 5 rings (SSSR count). The summed E-state index contributed by atoms with van der Waals surface area (Å²) in [6.45, 7) is 2.22. The van der Waals surface area contributed by atoms with Crippen molar-refractivity contribution in [2.75, 3.05) is 6.54 Å². The summed E-state index contributed by atoms with van der Waals surface area (Å²) in [4.78, 5) is 40.0. The highest BCUT2D eigenvalue weighted by Crippen LogP contribution is 2.46. The summed E-state index contributed by atoms with van der Waals surface area (Å²) in [5, 5.41) is 16.5. The minimum Gasteiger partial charge on any atom is -0.481 e. The van der Waals surface area contributed by atoms with Crippen molar-refractivity contribution in [2.24, 2.45) is 0 Å². The lowest BCUT2D eigenvalue weighted by Crippen LogP contribution is -2.54. The van der Waals surface area contributed by atoms with E-state index < -0.39 is 17.7 Å². The summed E-state index contributed by atoms with van der Waals surface area (Å²) in [6, 6.07) is 20.3. The molecule has 0 radical (unpaired) electrons. The molecule has 1 saturated carbocycles. The van der Waals surface area contributed by atoms with Gasteiger partial charge in [-0.05, 0) is 84.7 Å². The SMILES string of the molecule is CCCCC(c1ccc(C(=O)NCCC(=O)O)cc1)N1C(=O)C(c2ccc(-c3cc(Cl)cc(Cl)c3)cc2)NC12CCCCC2. The van der Waals surface area contributed by atoms with Gasteiger partial charge in [-0.15, -0.1) is 0 Å². The largest absolute Gasteiger partial charge is 0.481 e. The molecule has 1 aliphatic heterocycles. The Hall–Kier alpha value is -3.39. The van der Waals surface area contributed by atoms with Crippen molar-refractivity contribution in [3.8, 4) is 11.1 Å². The monoisotopic (exact) mass is 635 g/mol. The van der Waals surface area contributed by atoms with E-state index in [0.29, 0.717) is 15.6 Å². The summed E-state index contributed by atoms with van der Waals surface area (Å²) in [5.41, 5.74) is 3.83. The van der Waals surface area contributed by atoms with Crippen LogP contribution in [0.1, 0.15) is 98.3 Å². The van der Waals surface area contributed by atoms with Crippen LogP contribution in [-0.4, -0.2) is 40.0 Å². The van der Waals surface area contributed by atoms with Gasteiger partial charge in [0.1, 0.15) is 6.04 Å². The number of hydrogen-bond acceptors (Lipinski definition) is 4. The van der Waals surface area contributed by atoms with E-state index in [0.717, 1.165) is 73.6 Å². The van der Waals surface area contributed by atoms with E-state index in [1.54, 1.807) is 18.2 Å². The van der Waals surface area contributed by atoms with Gasteiger partial charge in [0.05, 0.1) is 18.1 Å². The maximum Gasteiger partial charge on any atom is 0.305 e. The Balaban J connectivity index is 1.43. The number of carboxylic acid groups (broad SMARTS) is 1. The summed E-state index contributed by atoms with van der Waals surface area (Å²) < 4.78 is 0. The Kier molecular flexibility index (Phi) is 10.3. The van der Waals surface area contributed by atoms with Crippen LogP contribution in [0.2, 0.25) is 10.0 Å². The highest BCUT2D eigenvalue weighted by Gasteiger charge is 2.53. The number of amides is 2. The zero-order valence-electron chi connectivity index (χ0n) is 25.0. The molecular formula is C35H39Cl2N3O4. The molecule has 2 unspecified atom stereocenters. The Morgan fingerprint density at radius 3 is 2.25 bits per heavy atom. The molecule has 2 atom stereocenters. The summed E-state index contributed by atoms with van der Waals surface area (Å²) in [6.07, 6.45) is 7.68. The van der Waals surface area contributed by atoms with Crippen molar-refractivity contribution in [3.63, 3.8) is 0 Å². The molecule has 44 heavy (non-hydrogen) atoms. The normalized spacial score (nSPS) is 18.4.